The van der Waals surface area contributed by atoms with Gasteiger partial charge in [0.15, 0.2) is 0 Å². The van der Waals surface area contributed by atoms with Crippen LogP contribution in [-0.4, -0.2) is 24.0 Å². The molecule has 2 N–H and O–H groups in total. The molecule has 0 radical (unpaired) electrons. The van der Waals surface area contributed by atoms with Crippen LogP contribution in [0.15, 0.2) is 24.3 Å². The third-order valence-corrected chi connectivity index (χ3v) is 4.86. The highest BCUT2D eigenvalue weighted by atomic mass is 15.2. The maximum atomic E-state index is 6.04. The molecule has 2 heteroatoms. The van der Waals surface area contributed by atoms with Crippen LogP contribution in [0.4, 0.5) is 0 Å². The Morgan fingerprint density at radius 3 is 2.42 bits per heavy atom. The van der Waals surface area contributed by atoms with E-state index in [0.717, 1.165) is 12.5 Å². The van der Waals surface area contributed by atoms with Crippen LogP contribution in [0.25, 0.3) is 0 Å². The van der Waals surface area contributed by atoms with Crippen molar-refractivity contribution in [1.29, 1.82) is 0 Å². The number of nitrogens with two attached hydrogens (primary N) is 1. The van der Waals surface area contributed by atoms with Crippen molar-refractivity contribution in [1.82, 2.24) is 4.90 Å². The molecule has 0 bridgehead atoms. The summed E-state index contributed by atoms with van der Waals surface area (Å²) in [7, 11) is 0. The molecule has 2 aliphatic rings. The molecular formula is C17H26N2. The molecule has 1 aliphatic heterocycles. The van der Waals surface area contributed by atoms with Gasteiger partial charge in [-0.05, 0) is 69.2 Å². The summed E-state index contributed by atoms with van der Waals surface area (Å²) in [5.74, 6) is 1.45. The van der Waals surface area contributed by atoms with E-state index < -0.39 is 0 Å². The quantitative estimate of drug-likeness (QED) is 0.898. The standard InChI is InChI=1S/C17H26N2/c1-12(2)19-10-9-14(11-18)17(19)16-6-4-3-5-15(16)13-7-8-13/h3-6,12-14,17H,7-11,18H2,1-2H3. The molecule has 1 saturated heterocycles. The predicted molar refractivity (Wildman–Crippen MR) is 80.2 cm³/mol. The molecule has 0 amide bonds. The Morgan fingerprint density at radius 2 is 1.84 bits per heavy atom. The first-order valence-corrected chi connectivity index (χ1v) is 7.77. The minimum Gasteiger partial charge on any atom is -0.330 e. The number of hydrogen-bond donors (Lipinski definition) is 1. The number of nitrogens with zero attached hydrogens (tertiary/aromatic N) is 1. The molecule has 2 unspecified atom stereocenters. The summed E-state index contributed by atoms with van der Waals surface area (Å²) in [6.45, 7) is 6.63. The van der Waals surface area contributed by atoms with E-state index in [2.05, 4.69) is 43.0 Å². The zero-order valence-corrected chi connectivity index (χ0v) is 12.2. The highest BCUT2D eigenvalue weighted by molar-refractivity contribution is 5.36. The normalized spacial score (nSPS) is 28.2. The van der Waals surface area contributed by atoms with Crippen LogP contribution >= 0.6 is 0 Å². The highest BCUT2D eigenvalue weighted by Crippen LogP contribution is 2.47. The van der Waals surface area contributed by atoms with Gasteiger partial charge >= 0.3 is 0 Å². The molecule has 1 saturated carbocycles. The Kier molecular flexibility index (Phi) is 3.64. The Morgan fingerprint density at radius 1 is 1.16 bits per heavy atom. The summed E-state index contributed by atoms with van der Waals surface area (Å²) in [6, 6.07) is 10.2. The van der Waals surface area contributed by atoms with Gasteiger partial charge in [0.25, 0.3) is 0 Å². The Labute approximate surface area is 117 Å². The molecule has 1 aromatic carbocycles. The van der Waals surface area contributed by atoms with Crippen LogP contribution in [0.2, 0.25) is 0 Å². The molecule has 3 rings (SSSR count). The third kappa shape index (κ3) is 2.44. The Hall–Kier alpha value is -0.860. The molecule has 2 atom stereocenters. The van der Waals surface area contributed by atoms with Gasteiger partial charge in [-0.25, -0.2) is 0 Å². The van der Waals surface area contributed by atoms with Gasteiger partial charge in [-0.2, -0.15) is 0 Å². The zero-order valence-electron chi connectivity index (χ0n) is 12.2. The Bertz CT molecular complexity index is 437. The van der Waals surface area contributed by atoms with Gasteiger partial charge in [0.1, 0.15) is 0 Å². The molecule has 1 aliphatic carbocycles. The van der Waals surface area contributed by atoms with E-state index in [1.54, 1.807) is 11.1 Å². The fourth-order valence-electron chi connectivity index (χ4n) is 3.69. The van der Waals surface area contributed by atoms with E-state index in [1.165, 1.54) is 25.8 Å². The minimum absolute atomic E-state index is 0.543. The van der Waals surface area contributed by atoms with Gasteiger partial charge in [0.2, 0.25) is 0 Å². The summed E-state index contributed by atoms with van der Waals surface area (Å²) in [6.07, 6.45) is 4.00. The van der Waals surface area contributed by atoms with Crippen molar-refractivity contribution in [3.05, 3.63) is 35.4 Å². The van der Waals surface area contributed by atoms with Crippen molar-refractivity contribution >= 4 is 0 Å². The first-order valence-electron chi connectivity index (χ1n) is 7.77. The first-order chi connectivity index (χ1) is 9.22. The summed E-state index contributed by atoms with van der Waals surface area (Å²) < 4.78 is 0. The van der Waals surface area contributed by atoms with Crippen LogP contribution in [0, 0.1) is 5.92 Å². The molecule has 1 aromatic rings. The second-order valence-electron chi connectivity index (χ2n) is 6.46. The summed E-state index contributed by atoms with van der Waals surface area (Å²) in [5.41, 5.74) is 9.20. The third-order valence-electron chi connectivity index (χ3n) is 4.86. The van der Waals surface area contributed by atoms with E-state index >= 15 is 0 Å². The molecule has 0 spiro atoms. The van der Waals surface area contributed by atoms with E-state index in [0.29, 0.717) is 18.0 Å². The molecular weight excluding hydrogens is 232 g/mol. The van der Waals surface area contributed by atoms with Gasteiger partial charge < -0.3 is 5.73 Å². The smallest absolute Gasteiger partial charge is 0.0394 e. The molecule has 0 aromatic heterocycles. The van der Waals surface area contributed by atoms with Gasteiger partial charge in [-0.15, -0.1) is 0 Å². The van der Waals surface area contributed by atoms with Crippen LogP contribution in [0.5, 0.6) is 0 Å². The highest BCUT2D eigenvalue weighted by Gasteiger charge is 2.38. The van der Waals surface area contributed by atoms with Gasteiger partial charge in [-0.1, -0.05) is 24.3 Å². The molecule has 1 heterocycles. The lowest BCUT2D eigenvalue weighted by Gasteiger charge is -2.32. The number of hydrogen-bond acceptors (Lipinski definition) is 2. The van der Waals surface area contributed by atoms with Crippen LogP contribution in [-0.2, 0) is 0 Å². The van der Waals surface area contributed by atoms with E-state index in [1.807, 2.05) is 0 Å². The van der Waals surface area contributed by atoms with Crippen molar-refractivity contribution in [2.24, 2.45) is 11.7 Å². The predicted octanol–water partition coefficient (Wildman–Crippen LogP) is 3.29. The summed E-state index contributed by atoms with van der Waals surface area (Å²) in [5, 5.41) is 0. The monoisotopic (exact) mass is 258 g/mol. The topological polar surface area (TPSA) is 29.3 Å². The number of benzene rings is 1. The van der Waals surface area contributed by atoms with Crippen molar-refractivity contribution in [2.45, 2.75) is 51.1 Å². The lowest BCUT2D eigenvalue weighted by molar-refractivity contribution is 0.184. The lowest BCUT2D eigenvalue weighted by Crippen LogP contribution is -2.33. The van der Waals surface area contributed by atoms with Crippen molar-refractivity contribution in [3.8, 4) is 0 Å². The van der Waals surface area contributed by atoms with E-state index in [9.17, 15) is 0 Å². The fourth-order valence-corrected chi connectivity index (χ4v) is 3.69. The molecule has 2 nitrogen and oxygen atoms in total. The maximum absolute atomic E-state index is 6.04. The molecule has 104 valence electrons. The number of rotatable bonds is 4. The maximum Gasteiger partial charge on any atom is 0.0394 e. The van der Waals surface area contributed by atoms with E-state index in [4.69, 9.17) is 5.73 Å². The minimum atomic E-state index is 0.543. The van der Waals surface area contributed by atoms with Crippen molar-refractivity contribution < 1.29 is 0 Å². The average molecular weight is 258 g/mol. The van der Waals surface area contributed by atoms with E-state index in [-0.39, 0.29) is 0 Å². The largest absolute Gasteiger partial charge is 0.330 e. The molecule has 19 heavy (non-hydrogen) atoms. The summed E-state index contributed by atoms with van der Waals surface area (Å²) >= 11 is 0. The van der Waals surface area contributed by atoms with Gasteiger partial charge in [0, 0.05) is 12.1 Å². The van der Waals surface area contributed by atoms with Crippen LogP contribution in [0.3, 0.4) is 0 Å². The lowest BCUT2D eigenvalue weighted by atomic mass is 9.88. The fraction of sp³-hybridized carbons (Fsp3) is 0.647. The second kappa shape index (κ2) is 5.26. The average Bonchev–Trinajstić information content (AvgIpc) is 3.17. The number of likely N-dealkylation sites (tertiary alicyclic amines) is 1. The van der Waals surface area contributed by atoms with Crippen molar-refractivity contribution in [2.75, 3.05) is 13.1 Å². The first kappa shape index (κ1) is 13.1. The zero-order chi connectivity index (χ0) is 13.4. The Balaban J connectivity index is 1.97. The van der Waals surface area contributed by atoms with Gasteiger partial charge in [-0.3, -0.25) is 4.90 Å². The van der Waals surface area contributed by atoms with Gasteiger partial charge in [0.05, 0.1) is 0 Å². The van der Waals surface area contributed by atoms with Crippen LogP contribution < -0.4 is 5.73 Å². The van der Waals surface area contributed by atoms with Crippen LogP contribution in [0.1, 0.15) is 56.2 Å². The van der Waals surface area contributed by atoms with Crippen molar-refractivity contribution in [3.63, 3.8) is 0 Å². The summed E-state index contributed by atoms with van der Waals surface area (Å²) in [4.78, 5) is 2.65. The molecule has 2 fully saturated rings. The SMILES string of the molecule is CC(C)N1CCC(CN)C1c1ccccc1C1CC1. The second-order valence-corrected chi connectivity index (χ2v) is 6.46.